The number of carbonyl (C=O) groups is 1. The number of ether oxygens (including phenoxy) is 4. The molecule has 0 saturated carbocycles. The second-order valence-electron chi connectivity index (χ2n) is 7.20. The van der Waals surface area contributed by atoms with E-state index in [1.807, 2.05) is 6.92 Å². The molecule has 12 heteroatoms. The van der Waals surface area contributed by atoms with Crippen LogP contribution in [-0.2, 0) is 23.7 Å². The van der Waals surface area contributed by atoms with E-state index in [0.29, 0.717) is 13.0 Å². The Balaban J connectivity index is 2.19. The van der Waals surface area contributed by atoms with Crippen molar-refractivity contribution in [1.29, 1.82) is 0 Å². The van der Waals surface area contributed by atoms with Crippen LogP contribution in [0.25, 0.3) is 0 Å². The highest BCUT2D eigenvalue weighted by Gasteiger charge is 2.50. The Morgan fingerprint density at radius 2 is 1.66 bits per heavy atom. The summed E-state index contributed by atoms with van der Waals surface area (Å²) < 4.78 is 22.4. The van der Waals surface area contributed by atoms with Gasteiger partial charge in [0.05, 0.1) is 25.3 Å². The lowest BCUT2D eigenvalue weighted by Crippen LogP contribution is -2.70. The van der Waals surface area contributed by atoms with Crippen LogP contribution >= 0.6 is 0 Å². The van der Waals surface area contributed by atoms with Crippen LogP contribution in [0, 0.1) is 0 Å². The van der Waals surface area contributed by atoms with Crippen molar-refractivity contribution in [3.63, 3.8) is 0 Å². The third-order valence-electron chi connectivity index (χ3n) is 4.94. The van der Waals surface area contributed by atoms with Gasteiger partial charge in [0.1, 0.15) is 36.6 Å². The summed E-state index contributed by atoms with van der Waals surface area (Å²) >= 11 is 0. The van der Waals surface area contributed by atoms with Crippen molar-refractivity contribution < 1.29 is 49.3 Å². The maximum Gasteiger partial charge on any atom is 0.217 e. The summed E-state index contributed by atoms with van der Waals surface area (Å²) in [5, 5.41) is 51.7. The maximum absolute atomic E-state index is 11.6. The van der Waals surface area contributed by atoms with Crippen molar-refractivity contribution in [2.75, 3.05) is 19.8 Å². The van der Waals surface area contributed by atoms with Gasteiger partial charge in [0.25, 0.3) is 0 Å². The molecule has 2 heterocycles. The molecule has 0 spiro atoms. The van der Waals surface area contributed by atoms with Crippen LogP contribution in [-0.4, -0.2) is 113 Å². The molecule has 2 aliphatic rings. The lowest BCUT2D eigenvalue weighted by molar-refractivity contribution is -0.337. The van der Waals surface area contributed by atoms with Crippen LogP contribution < -0.4 is 11.1 Å². The van der Waals surface area contributed by atoms with Gasteiger partial charge in [0, 0.05) is 13.5 Å². The van der Waals surface area contributed by atoms with E-state index < -0.39 is 74.5 Å². The molecule has 10 atom stereocenters. The predicted octanol–water partition coefficient (Wildman–Crippen LogP) is -3.85. The number of nitrogens with two attached hydrogens (primary N) is 1. The molecule has 0 aromatic rings. The van der Waals surface area contributed by atoms with Gasteiger partial charge in [-0.3, -0.25) is 4.79 Å². The van der Waals surface area contributed by atoms with E-state index in [-0.39, 0.29) is 5.91 Å². The number of nitrogens with one attached hydrogen (secondary N) is 1. The number of rotatable bonds is 8. The molecule has 0 bridgehead atoms. The van der Waals surface area contributed by atoms with Crippen LogP contribution in [0.3, 0.4) is 0 Å². The van der Waals surface area contributed by atoms with E-state index in [1.54, 1.807) is 0 Å². The Bertz CT molecular complexity index is 524. The Kier molecular flexibility index (Phi) is 9.15. The minimum atomic E-state index is -1.65. The average Bonchev–Trinajstić information content (AvgIpc) is 2.69. The third-order valence-corrected chi connectivity index (χ3v) is 4.94. The summed E-state index contributed by atoms with van der Waals surface area (Å²) in [4.78, 5) is 11.6. The predicted molar refractivity (Wildman–Crippen MR) is 96.2 cm³/mol. The quantitative estimate of drug-likeness (QED) is 0.202. The van der Waals surface area contributed by atoms with Crippen molar-refractivity contribution in [2.45, 2.75) is 81.6 Å². The fourth-order valence-electron chi connectivity index (χ4n) is 3.40. The Labute approximate surface area is 168 Å². The van der Waals surface area contributed by atoms with Crippen molar-refractivity contribution in [1.82, 2.24) is 5.32 Å². The second-order valence-corrected chi connectivity index (χ2v) is 7.20. The molecule has 0 aromatic carbocycles. The van der Waals surface area contributed by atoms with E-state index in [1.165, 1.54) is 6.92 Å². The van der Waals surface area contributed by atoms with E-state index in [4.69, 9.17) is 24.7 Å². The van der Waals surface area contributed by atoms with Gasteiger partial charge < -0.3 is 55.5 Å². The summed E-state index contributed by atoms with van der Waals surface area (Å²) in [6, 6.07) is -1.75. The lowest BCUT2D eigenvalue weighted by atomic mass is 9.94. The average molecular weight is 424 g/mol. The molecule has 29 heavy (non-hydrogen) atoms. The Morgan fingerprint density at radius 3 is 2.21 bits per heavy atom. The molecular weight excluding hydrogens is 392 g/mol. The summed E-state index contributed by atoms with van der Waals surface area (Å²) in [5.74, 6) is -0.381. The molecule has 170 valence electrons. The number of hydrogen-bond acceptors (Lipinski definition) is 11. The van der Waals surface area contributed by atoms with Crippen LogP contribution in [0.4, 0.5) is 0 Å². The first kappa shape index (κ1) is 24.3. The van der Waals surface area contributed by atoms with E-state index in [9.17, 15) is 30.3 Å². The van der Waals surface area contributed by atoms with Crippen LogP contribution in [0.2, 0.25) is 0 Å². The number of hydrogen-bond donors (Lipinski definition) is 7. The number of aliphatic hydroxyl groups excluding tert-OH is 5. The SMILES string of the molecule is CCCO[C@@H]1O[C@H](CO)[C@@H](O[C@@H]2O[C@H](CO)[C@H](O)[C@H](O)[C@H]2O)[C@H](N)[C@H]1NC(C)=O. The minimum absolute atomic E-state index is 0.337. The van der Waals surface area contributed by atoms with Gasteiger partial charge in [-0.1, -0.05) is 6.92 Å². The normalized spacial score (nSPS) is 43.2. The zero-order valence-corrected chi connectivity index (χ0v) is 16.5. The Hall–Kier alpha value is -0.930. The van der Waals surface area contributed by atoms with Gasteiger partial charge in [-0.25, -0.2) is 0 Å². The molecule has 2 fully saturated rings. The van der Waals surface area contributed by atoms with Gasteiger partial charge >= 0.3 is 0 Å². The topological polar surface area (TPSA) is 193 Å². The highest BCUT2D eigenvalue weighted by Crippen LogP contribution is 2.28. The molecule has 2 rings (SSSR count). The molecule has 0 aliphatic carbocycles. The number of aliphatic hydroxyl groups is 5. The highest BCUT2D eigenvalue weighted by atomic mass is 16.7. The smallest absolute Gasteiger partial charge is 0.217 e. The summed E-state index contributed by atoms with van der Waals surface area (Å²) in [5.41, 5.74) is 6.28. The first-order chi connectivity index (χ1) is 13.7. The van der Waals surface area contributed by atoms with Crippen molar-refractivity contribution in [2.24, 2.45) is 5.73 Å². The van der Waals surface area contributed by atoms with Crippen LogP contribution in [0.1, 0.15) is 20.3 Å². The Morgan fingerprint density at radius 1 is 1.03 bits per heavy atom. The minimum Gasteiger partial charge on any atom is -0.394 e. The molecule has 0 aromatic heterocycles. The number of carbonyl (C=O) groups excluding carboxylic acids is 1. The summed E-state index contributed by atoms with van der Waals surface area (Å²) in [6.07, 6.45) is -9.75. The fourth-order valence-corrected chi connectivity index (χ4v) is 3.40. The van der Waals surface area contributed by atoms with E-state index in [0.717, 1.165) is 0 Å². The maximum atomic E-state index is 11.6. The highest BCUT2D eigenvalue weighted by molar-refractivity contribution is 5.73. The van der Waals surface area contributed by atoms with Gasteiger partial charge in [0.15, 0.2) is 12.6 Å². The molecule has 12 nitrogen and oxygen atoms in total. The molecule has 0 radical (unpaired) electrons. The van der Waals surface area contributed by atoms with Crippen molar-refractivity contribution >= 4 is 5.91 Å². The van der Waals surface area contributed by atoms with Gasteiger partial charge in [0.2, 0.25) is 5.91 Å². The van der Waals surface area contributed by atoms with Crippen molar-refractivity contribution in [3.05, 3.63) is 0 Å². The van der Waals surface area contributed by atoms with E-state index >= 15 is 0 Å². The molecule has 2 saturated heterocycles. The van der Waals surface area contributed by atoms with Crippen molar-refractivity contribution in [3.8, 4) is 0 Å². The summed E-state index contributed by atoms with van der Waals surface area (Å²) in [6.45, 7) is 2.40. The first-order valence-electron chi connectivity index (χ1n) is 9.61. The molecule has 8 N–H and O–H groups in total. The second kappa shape index (κ2) is 10.9. The van der Waals surface area contributed by atoms with Gasteiger partial charge in [-0.15, -0.1) is 0 Å². The van der Waals surface area contributed by atoms with Crippen LogP contribution in [0.15, 0.2) is 0 Å². The molecule has 2 aliphatic heterocycles. The molecular formula is C17H32N2O10. The summed E-state index contributed by atoms with van der Waals surface area (Å²) in [7, 11) is 0. The fraction of sp³-hybridized carbons (Fsp3) is 0.941. The zero-order valence-electron chi connectivity index (χ0n) is 16.5. The van der Waals surface area contributed by atoms with Gasteiger partial charge in [-0.2, -0.15) is 0 Å². The zero-order chi connectivity index (χ0) is 21.7. The first-order valence-corrected chi connectivity index (χ1v) is 9.61. The standard InChI is InChI=1S/C17H32N2O10/c1-3-4-26-16-11(19-7(2)22)10(18)15(9(6-21)28-16)29-17-14(25)13(24)12(23)8(5-20)27-17/h8-17,20-21,23-25H,3-6,18H2,1-2H3,(H,19,22)/t8-,9-,10-,11-,12+,13+,14-,15-,16-,17+/m1/s1. The monoisotopic (exact) mass is 424 g/mol. The largest absolute Gasteiger partial charge is 0.394 e. The van der Waals surface area contributed by atoms with Gasteiger partial charge in [-0.05, 0) is 6.42 Å². The number of amides is 1. The molecule has 0 unspecified atom stereocenters. The lowest BCUT2D eigenvalue weighted by Gasteiger charge is -2.47. The molecule has 1 amide bonds. The third kappa shape index (κ3) is 5.61. The van der Waals surface area contributed by atoms with E-state index in [2.05, 4.69) is 5.32 Å². The van der Waals surface area contributed by atoms with Crippen LogP contribution in [0.5, 0.6) is 0 Å².